The van der Waals surface area contributed by atoms with Crippen LogP contribution in [0.2, 0.25) is 0 Å². The van der Waals surface area contributed by atoms with Crippen molar-refractivity contribution in [3.05, 3.63) is 76.5 Å². The van der Waals surface area contributed by atoms with Gasteiger partial charge in [0.15, 0.2) is 15.0 Å². The molecule has 3 rings (SSSR count). The molecule has 0 aliphatic carbocycles. The highest BCUT2D eigenvalue weighted by Gasteiger charge is 2.16. The first-order valence-electron chi connectivity index (χ1n) is 7.66. The summed E-state index contributed by atoms with van der Waals surface area (Å²) < 4.78 is 25.1. The van der Waals surface area contributed by atoms with Crippen LogP contribution in [0.3, 0.4) is 0 Å². The normalized spacial score (nSPS) is 11.3. The van der Waals surface area contributed by atoms with Crippen LogP contribution in [0.25, 0.3) is 0 Å². The topological polar surface area (TPSA) is 129 Å². The van der Waals surface area contributed by atoms with E-state index in [4.69, 9.17) is 5.73 Å². The van der Waals surface area contributed by atoms with E-state index in [1.807, 2.05) is 0 Å². The molecule has 2 N–H and O–H groups in total. The van der Waals surface area contributed by atoms with Crippen molar-refractivity contribution in [2.24, 2.45) is 0 Å². The summed E-state index contributed by atoms with van der Waals surface area (Å²) in [4.78, 5) is 19.2. The number of rotatable bonds is 6. The first kappa shape index (κ1) is 18.8. The number of benzene rings is 2. The van der Waals surface area contributed by atoms with E-state index < -0.39 is 14.8 Å². The van der Waals surface area contributed by atoms with E-state index in [1.54, 1.807) is 24.4 Å². The summed E-state index contributed by atoms with van der Waals surface area (Å²) in [6.45, 7) is 0. The summed E-state index contributed by atoms with van der Waals surface area (Å²) in [5.41, 5.74) is 6.01. The lowest BCUT2D eigenvalue weighted by molar-refractivity contribution is -0.384. The summed E-state index contributed by atoms with van der Waals surface area (Å²) in [7, 11) is -3.57. The molecule has 138 valence electrons. The van der Waals surface area contributed by atoms with Crippen LogP contribution in [0.1, 0.15) is 5.56 Å². The van der Waals surface area contributed by atoms with E-state index in [-0.39, 0.29) is 16.3 Å². The monoisotopic (exact) mass is 402 g/mol. The zero-order valence-electron chi connectivity index (χ0n) is 13.8. The molecule has 0 unspecified atom stereocenters. The van der Waals surface area contributed by atoms with E-state index in [2.05, 4.69) is 9.97 Å². The van der Waals surface area contributed by atoms with E-state index in [1.165, 1.54) is 48.2 Å². The van der Waals surface area contributed by atoms with Crippen LogP contribution < -0.4 is 5.73 Å². The van der Waals surface area contributed by atoms with Crippen molar-refractivity contribution in [1.29, 1.82) is 0 Å². The highest BCUT2D eigenvalue weighted by Crippen LogP contribution is 2.27. The molecular formula is C17H14N4O4S2. The van der Waals surface area contributed by atoms with Gasteiger partial charge in [0.1, 0.15) is 5.82 Å². The van der Waals surface area contributed by atoms with Crippen molar-refractivity contribution in [1.82, 2.24) is 9.97 Å². The summed E-state index contributed by atoms with van der Waals surface area (Å²) in [5.74, 6) is 0.116. The molecule has 2 aromatic carbocycles. The van der Waals surface area contributed by atoms with Gasteiger partial charge in [-0.1, -0.05) is 12.1 Å². The molecule has 0 fully saturated rings. The molecule has 27 heavy (non-hydrogen) atoms. The predicted octanol–water partition coefficient (Wildman–Crippen LogP) is 3.09. The number of nitro groups is 1. The number of non-ortho nitro benzene ring substituents is 1. The molecule has 0 saturated carbocycles. The molecule has 0 radical (unpaired) electrons. The van der Waals surface area contributed by atoms with Crippen molar-refractivity contribution < 1.29 is 13.3 Å². The molecule has 0 amide bonds. The first-order chi connectivity index (χ1) is 12.8. The molecule has 0 aliphatic heterocycles. The van der Waals surface area contributed by atoms with Gasteiger partial charge in [-0.2, -0.15) is 0 Å². The number of hydrogen-bond donors (Lipinski definition) is 1. The lowest BCUT2D eigenvalue weighted by atomic mass is 10.2. The van der Waals surface area contributed by atoms with Gasteiger partial charge >= 0.3 is 0 Å². The van der Waals surface area contributed by atoms with E-state index in [0.717, 1.165) is 4.90 Å². The smallest absolute Gasteiger partial charge is 0.269 e. The van der Waals surface area contributed by atoms with Gasteiger partial charge in [0, 0.05) is 23.2 Å². The summed E-state index contributed by atoms with van der Waals surface area (Å²) in [6.07, 6.45) is 1.55. The van der Waals surface area contributed by atoms with Gasteiger partial charge in [0.25, 0.3) is 5.69 Å². The van der Waals surface area contributed by atoms with Crippen LogP contribution in [-0.2, 0) is 15.6 Å². The second-order valence-corrected chi connectivity index (χ2v) is 8.55. The number of anilines is 1. The number of nitrogens with two attached hydrogens (primary N) is 1. The Bertz CT molecular complexity index is 1070. The molecule has 0 atom stereocenters. The van der Waals surface area contributed by atoms with Crippen molar-refractivity contribution in [2.75, 3.05) is 5.73 Å². The largest absolute Gasteiger partial charge is 0.384 e. The van der Waals surface area contributed by atoms with Crippen molar-refractivity contribution >= 4 is 33.1 Å². The third-order valence-corrected chi connectivity index (χ3v) is 6.14. The summed E-state index contributed by atoms with van der Waals surface area (Å²) in [6, 6.07) is 13.4. The number of nitrogens with zero attached hydrogens (tertiary/aromatic N) is 3. The molecular weight excluding hydrogens is 388 g/mol. The Hall–Kier alpha value is -2.98. The summed E-state index contributed by atoms with van der Waals surface area (Å²) >= 11 is 1.27. The molecule has 8 nitrogen and oxygen atoms in total. The SMILES string of the molecule is Nc1ccnc(Sc2ccc(S(=O)(=O)Cc3ccc([N+](=O)[O-])cc3)cc2)n1. The molecule has 1 aromatic heterocycles. The fourth-order valence-corrected chi connectivity index (χ4v) is 4.34. The molecule has 3 aromatic rings. The number of hydrogen-bond acceptors (Lipinski definition) is 8. The average molecular weight is 402 g/mol. The Labute approximate surface area is 159 Å². The van der Waals surface area contributed by atoms with Crippen molar-refractivity contribution in [3.63, 3.8) is 0 Å². The predicted molar refractivity (Wildman–Crippen MR) is 101 cm³/mol. The Morgan fingerprint density at radius 1 is 1.04 bits per heavy atom. The number of nitro benzene ring substituents is 1. The Balaban J connectivity index is 1.74. The number of nitrogen functional groups attached to an aromatic ring is 1. The van der Waals surface area contributed by atoms with Gasteiger partial charge in [0.2, 0.25) is 0 Å². The van der Waals surface area contributed by atoms with E-state index in [0.29, 0.717) is 16.5 Å². The molecule has 0 spiro atoms. The Morgan fingerprint density at radius 3 is 2.30 bits per heavy atom. The maximum absolute atomic E-state index is 12.6. The van der Waals surface area contributed by atoms with E-state index >= 15 is 0 Å². The number of aromatic nitrogens is 2. The fourth-order valence-electron chi connectivity index (χ4n) is 2.24. The minimum absolute atomic E-state index is 0.0821. The average Bonchev–Trinajstić information content (AvgIpc) is 2.62. The summed E-state index contributed by atoms with van der Waals surface area (Å²) in [5, 5.41) is 11.1. The Morgan fingerprint density at radius 2 is 1.70 bits per heavy atom. The second kappa shape index (κ2) is 7.72. The van der Waals surface area contributed by atoms with Gasteiger partial charge in [-0.3, -0.25) is 10.1 Å². The second-order valence-electron chi connectivity index (χ2n) is 5.52. The third kappa shape index (κ3) is 4.80. The zero-order chi connectivity index (χ0) is 19.4. The highest BCUT2D eigenvalue weighted by atomic mass is 32.2. The van der Waals surface area contributed by atoms with Crippen molar-refractivity contribution in [3.8, 4) is 0 Å². The van der Waals surface area contributed by atoms with Gasteiger partial charge in [0.05, 0.1) is 15.6 Å². The lowest BCUT2D eigenvalue weighted by Crippen LogP contribution is -2.05. The van der Waals surface area contributed by atoms with Crippen LogP contribution in [0.15, 0.2) is 75.7 Å². The highest BCUT2D eigenvalue weighted by molar-refractivity contribution is 7.99. The van der Waals surface area contributed by atoms with Crippen LogP contribution >= 0.6 is 11.8 Å². The molecule has 0 bridgehead atoms. The maximum atomic E-state index is 12.6. The van der Waals surface area contributed by atoms with Gasteiger partial charge in [-0.25, -0.2) is 18.4 Å². The number of sulfone groups is 1. The first-order valence-corrected chi connectivity index (χ1v) is 10.1. The van der Waals surface area contributed by atoms with Crippen LogP contribution in [-0.4, -0.2) is 23.3 Å². The molecule has 0 aliphatic rings. The van der Waals surface area contributed by atoms with Crippen LogP contribution in [0, 0.1) is 10.1 Å². The van der Waals surface area contributed by atoms with Gasteiger partial charge in [-0.15, -0.1) is 0 Å². The third-order valence-electron chi connectivity index (χ3n) is 3.55. The molecule has 1 heterocycles. The zero-order valence-corrected chi connectivity index (χ0v) is 15.5. The lowest BCUT2D eigenvalue weighted by Gasteiger charge is -2.06. The standard InChI is InChI=1S/C17H14N4O4S2/c18-16-9-10-19-17(20-16)26-14-5-7-15(8-6-14)27(24,25)11-12-1-3-13(4-2-12)21(22)23/h1-10H,11H2,(H2,18,19,20). The fraction of sp³-hybridized carbons (Fsp3) is 0.0588. The Kier molecular flexibility index (Phi) is 5.38. The quantitative estimate of drug-likeness (QED) is 0.378. The molecule has 0 saturated heterocycles. The minimum atomic E-state index is -3.57. The van der Waals surface area contributed by atoms with Crippen molar-refractivity contribution in [2.45, 2.75) is 20.7 Å². The van der Waals surface area contributed by atoms with E-state index in [9.17, 15) is 18.5 Å². The van der Waals surface area contributed by atoms with Crippen LogP contribution in [0.5, 0.6) is 0 Å². The van der Waals surface area contributed by atoms with Crippen LogP contribution in [0.4, 0.5) is 11.5 Å². The maximum Gasteiger partial charge on any atom is 0.269 e. The van der Waals surface area contributed by atoms with Gasteiger partial charge < -0.3 is 5.73 Å². The molecule has 10 heteroatoms. The van der Waals surface area contributed by atoms with Gasteiger partial charge in [-0.05, 0) is 47.7 Å². The minimum Gasteiger partial charge on any atom is -0.384 e.